The second-order valence-corrected chi connectivity index (χ2v) is 6.50. The molecule has 1 amide bonds. The van der Waals surface area contributed by atoms with Crippen molar-refractivity contribution < 1.29 is 4.79 Å². The number of hydrogen-bond acceptors (Lipinski definition) is 2. The molecule has 0 atom stereocenters. The standard InChI is InChI=1S/C17H19BrN2O/c1-17(2,10-8-13-6-4-3-5-7-13)20-16(21)14-9-11-19-15(18)12-14/h3-7,9,11-12H,8,10H2,1-2H3,(H,20,21). The van der Waals surface area contributed by atoms with Gasteiger partial charge in [-0.1, -0.05) is 30.3 Å². The van der Waals surface area contributed by atoms with Crippen molar-refractivity contribution in [2.75, 3.05) is 0 Å². The Morgan fingerprint density at radius 1 is 1.24 bits per heavy atom. The summed E-state index contributed by atoms with van der Waals surface area (Å²) in [6.45, 7) is 4.09. The quantitative estimate of drug-likeness (QED) is 0.831. The number of carbonyl (C=O) groups excluding carboxylic acids is 1. The Hall–Kier alpha value is -1.68. The molecule has 0 aliphatic heterocycles. The van der Waals surface area contributed by atoms with E-state index in [-0.39, 0.29) is 11.4 Å². The van der Waals surface area contributed by atoms with Crippen molar-refractivity contribution in [2.45, 2.75) is 32.2 Å². The number of aromatic nitrogens is 1. The van der Waals surface area contributed by atoms with E-state index >= 15 is 0 Å². The van der Waals surface area contributed by atoms with Crippen molar-refractivity contribution in [3.8, 4) is 0 Å². The minimum absolute atomic E-state index is 0.0730. The van der Waals surface area contributed by atoms with Crippen molar-refractivity contribution in [3.63, 3.8) is 0 Å². The number of benzene rings is 1. The van der Waals surface area contributed by atoms with Crippen molar-refractivity contribution in [1.82, 2.24) is 10.3 Å². The smallest absolute Gasteiger partial charge is 0.251 e. The fraction of sp³-hybridized carbons (Fsp3) is 0.294. The van der Waals surface area contributed by atoms with Gasteiger partial charge in [-0.2, -0.15) is 0 Å². The van der Waals surface area contributed by atoms with Gasteiger partial charge in [0.15, 0.2) is 0 Å². The Labute approximate surface area is 133 Å². The summed E-state index contributed by atoms with van der Waals surface area (Å²) >= 11 is 3.28. The molecular weight excluding hydrogens is 328 g/mol. The summed E-state index contributed by atoms with van der Waals surface area (Å²) in [6, 6.07) is 13.7. The molecule has 1 N–H and O–H groups in total. The molecule has 0 radical (unpaired) electrons. The molecule has 1 aromatic carbocycles. The van der Waals surface area contributed by atoms with Crippen molar-refractivity contribution in [1.29, 1.82) is 0 Å². The third-order valence-corrected chi connectivity index (χ3v) is 3.76. The van der Waals surface area contributed by atoms with E-state index < -0.39 is 0 Å². The molecule has 0 fully saturated rings. The Morgan fingerprint density at radius 3 is 2.62 bits per heavy atom. The van der Waals surface area contributed by atoms with Crippen LogP contribution in [0, 0.1) is 0 Å². The summed E-state index contributed by atoms with van der Waals surface area (Å²) in [6.07, 6.45) is 3.44. The molecule has 2 aromatic rings. The molecule has 4 heteroatoms. The molecule has 110 valence electrons. The van der Waals surface area contributed by atoms with Crippen LogP contribution in [0.1, 0.15) is 36.2 Å². The third kappa shape index (κ3) is 4.97. The molecule has 0 aliphatic rings. The summed E-state index contributed by atoms with van der Waals surface area (Å²) in [5, 5.41) is 3.08. The molecule has 2 rings (SSSR count). The van der Waals surface area contributed by atoms with Gasteiger partial charge in [-0.05, 0) is 60.3 Å². The van der Waals surface area contributed by atoms with E-state index in [4.69, 9.17) is 0 Å². The Morgan fingerprint density at radius 2 is 1.95 bits per heavy atom. The molecule has 3 nitrogen and oxygen atoms in total. The highest BCUT2D eigenvalue weighted by Gasteiger charge is 2.21. The molecule has 0 unspecified atom stereocenters. The number of rotatable bonds is 5. The lowest BCUT2D eigenvalue weighted by Gasteiger charge is -2.26. The topological polar surface area (TPSA) is 42.0 Å². The second kappa shape index (κ2) is 6.85. The fourth-order valence-electron chi connectivity index (χ4n) is 2.09. The first-order valence-electron chi connectivity index (χ1n) is 6.94. The van der Waals surface area contributed by atoms with Gasteiger partial charge < -0.3 is 5.32 Å². The van der Waals surface area contributed by atoms with Crippen LogP contribution in [0.5, 0.6) is 0 Å². The van der Waals surface area contributed by atoms with E-state index in [2.05, 4.69) is 38.4 Å². The van der Waals surface area contributed by atoms with E-state index in [9.17, 15) is 4.79 Å². The monoisotopic (exact) mass is 346 g/mol. The summed E-state index contributed by atoms with van der Waals surface area (Å²) in [4.78, 5) is 16.3. The Balaban J connectivity index is 1.95. The molecule has 0 aliphatic carbocycles. The molecule has 1 heterocycles. The summed E-state index contributed by atoms with van der Waals surface area (Å²) in [7, 11) is 0. The second-order valence-electron chi connectivity index (χ2n) is 5.69. The largest absolute Gasteiger partial charge is 0.347 e. The van der Waals surface area contributed by atoms with Crippen LogP contribution in [0.25, 0.3) is 0 Å². The number of hydrogen-bond donors (Lipinski definition) is 1. The highest BCUT2D eigenvalue weighted by molar-refractivity contribution is 9.10. The lowest BCUT2D eigenvalue weighted by molar-refractivity contribution is 0.0909. The molecule has 1 aromatic heterocycles. The summed E-state index contributed by atoms with van der Waals surface area (Å²) in [5.41, 5.74) is 1.64. The molecule has 21 heavy (non-hydrogen) atoms. The highest BCUT2D eigenvalue weighted by atomic mass is 79.9. The van der Waals surface area contributed by atoms with Gasteiger partial charge >= 0.3 is 0 Å². The maximum absolute atomic E-state index is 12.3. The zero-order chi connectivity index (χ0) is 15.3. The maximum atomic E-state index is 12.3. The van der Waals surface area contributed by atoms with E-state index in [0.717, 1.165) is 12.8 Å². The van der Waals surface area contributed by atoms with Crippen LogP contribution in [0.3, 0.4) is 0 Å². The lowest BCUT2D eigenvalue weighted by Crippen LogP contribution is -2.43. The number of halogens is 1. The van der Waals surface area contributed by atoms with E-state index in [1.54, 1.807) is 18.3 Å². The number of nitrogens with zero attached hydrogens (tertiary/aromatic N) is 1. The SMILES string of the molecule is CC(C)(CCc1ccccc1)NC(=O)c1ccnc(Br)c1. The minimum Gasteiger partial charge on any atom is -0.347 e. The van der Waals surface area contributed by atoms with E-state index in [1.165, 1.54) is 5.56 Å². The lowest BCUT2D eigenvalue weighted by atomic mass is 9.95. The maximum Gasteiger partial charge on any atom is 0.251 e. The van der Waals surface area contributed by atoms with E-state index in [0.29, 0.717) is 10.2 Å². The fourth-order valence-corrected chi connectivity index (χ4v) is 2.45. The van der Waals surface area contributed by atoms with Gasteiger partial charge in [0.1, 0.15) is 4.60 Å². The molecular formula is C17H19BrN2O. The van der Waals surface area contributed by atoms with Crippen LogP contribution >= 0.6 is 15.9 Å². The highest BCUT2D eigenvalue weighted by Crippen LogP contribution is 2.15. The first-order valence-corrected chi connectivity index (χ1v) is 7.74. The van der Waals surface area contributed by atoms with Crippen LogP contribution in [0.15, 0.2) is 53.3 Å². The van der Waals surface area contributed by atoms with Crippen LogP contribution in [-0.2, 0) is 6.42 Å². The van der Waals surface area contributed by atoms with Gasteiger partial charge in [-0.3, -0.25) is 4.79 Å². The van der Waals surface area contributed by atoms with Crippen LogP contribution in [0.2, 0.25) is 0 Å². The third-order valence-electron chi connectivity index (χ3n) is 3.32. The van der Waals surface area contributed by atoms with Gasteiger partial charge in [0.25, 0.3) is 5.91 Å². The van der Waals surface area contributed by atoms with Gasteiger partial charge in [0.05, 0.1) is 0 Å². The summed E-state index contributed by atoms with van der Waals surface area (Å²) < 4.78 is 0.664. The van der Waals surface area contributed by atoms with Crippen molar-refractivity contribution in [3.05, 3.63) is 64.4 Å². The first-order chi connectivity index (χ1) is 9.96. The van der Waals surface area contributed by atoms with Crippen LogP contribution < -0.4 is 5.32 Å². The number of carbonyl (C=O) groups is 1. The normalized spacial score (nSPS) is 11.2. The van der Waals surface area contributed by atoms with Gasteiger partial charge in [-0.15, -0.1) is 0 Å². The number of aryl methyl sites for hydroxylation is 1. The van der Waals surface area contributed by atoms with Crippen molar-refractivity contribution in [2.24, 2.45) is 0 Å². The number of amides is 1. The number of pyridine rings is 1. The van der Waals surface area contributed by atoms with Crippen LogP contribution in [0.4, 0.5) is 0 Å². The van der Waals surface area contributed by atoms with Gasteiger partial charge in [0, 0.05) is 17.3 Å². The van der Waals surface area contributed by atoms with Gasteiger partial charge in [-0.25, -0.2) is 4.98 Å². The average Bonchev–Trinajstić information content (AvgIpc) is 2.46. The average molecular weight is 347 g/mol. The summed E-state index contributed by atoms with van der Waals surface area (Å²) in [5.74, 6) is -0.0730. The molecule has 0 saturated carbocycles. The molecule has 0 saturated heterocycles. The predicted octanol–water partition coefficient (Wildman–Crippen LogP) is 3.99. The first kappa shape index (κ1) is 15.7. The predicted molar refractivity (Wildman–Crippen MR) is 88.2 cm³/mol. The zero-order valence-corrected chi connectivity index (χ0v) is 13.9. The van der Waals surface area contributed by atoms with Crippen LogP contribution in [-0.4, -0.2) is 16.4 Å². The van der Waals surface area contributed by atoms with E-state index in [1.807, 2.05) is 32.0 Å². The molecule has 0 bridgehead atoms. The molecule has 0 spiro atoms. The van der Waals surface area contributed by atoms with Crippen molar-refractivity contribution >= 4 is 21.8 Å². The van der Waals surface area contributed by atoms with Gasteiger partial charge in [0.2, 0.25) is 0 Å². The Bertz CT molecular complexity index is 611. The Kier molecular flexibility index (Phi) is 5.12. The minimum atomic E-state index is -0.261. The zero-order valence-electron chi connectivity index (χ0n) is 12.3. The number of nitrogens with one attached hydrogen (secondary N) is 1.